The normalized spacial score (nSPS) is 15.3. The van der Waals surface area contributed by atoms with E-state index in [1.165, 1.54) is 0 Å². The molecular weight excluding hydrogens is 508 g/mol. The van der Waals surface area contributed by atoms with Crippen molar-refractivity contribution < 1.29 is 14.7 Å². The molecule has 1 fully saturated rings. The highest BCUT2D eigenvalue weighted by Gasteiger charge is 2.27. The number of nitrogens with one attached hydrogen (secondary N) is 3. The van der Waals surface area contributed by atoms with Crippen molar-refractivity contribution in [1.29, 1.82) is 0 Å². The number of urea groups is 1. The molecule has 1 heterocycles. The molecule has 150 valence electrons. The second-order valence-corrected chi connectivity index (χ2v) is 6.44. The van der Waals surface area contributed by atoms with Crippen molar-refractivity contribution in [2.75, 3.05) is 32.7 Å². The van der Waals surface area contributed by atoms with Gasteiger partial charge in [0.25, 0.3) is 0 Å². The molecule has 1 saturated heterocycles. The Morgan fingerprint density at radius 1 is 1.30 bits per heavy atom. The van der Waals surface area contributed by atoms with E-state index in [0.29, 0.717) is 34.7 Å². The Labute approximate surface area is 184 Å². The van der Waals surface area contributed by atoms with E-state index in [1.54, 1.807) is 18.2 Å². The van der Waals surface area contributed by atoms with Crippen molar-refractivity contribution >= 4 is 65.1 Å². The van der Waals surface area contributed by atoms with Crippen molar-refractivity contribution in [1.82, 2.24) is 20.9 Å². The Morgan fingerprint density at radius 3 is 2.52 bits per heavy atom. The first-order valence-electron chi connectivity index (χ1n) is 8.15. The highest BCUT2D eigenvalue weighted by molar-refractivity contribution is 14.0. The molecule has 0 aromatic heterocycles. The van der Waals surface area contributed by atoms with Crippen LogP contribution in [0.25, 0.3) is 0 Å². The summed E-state index contributed by atoms with van der Waals surface area (Å²) in [5.41, 5.74) is 0.571. The fourth-order valence-electron chi connectivity index (χ4n) is 2.36. The number of aliphatic imine (C=N–C) groups is 1. The average molecular weight is 530 g/mol. The zero-order valence-corrected chi connectivity index (χ0v) is 18.5. The fourth-order valence-corrected chi connectivity index (χ4v) is 2.90. The van der Waals surface area contributed by atoms with Crippen LogP contribution >= 0.6 is 47.2 Å². The van der Waals surface area contributed by atoms with Crippen LogP contribution in [0, 0.1) is 0 Å². The molecule has 1 aliphatic rings. The molecule has 1 aliphatic heterocycles. The highest BCUT2D eigenvalue weighted by atomic mass is 127. The first-order chi connectivity index (χ1) is 12.4. The number of benzene rings is 1. The van der Waals surface area contributed by atoms with Gasteiger partial charge in [-0.25, -0.2) is 4.79 Å². The van der Waals surface area contributed by atoms with Gasteiger partial charge in [0.05, 0.1) is 19.2 Å². The number of guanidine groups is 1. The SMILES string of the molecule is CCNC(=NCC(O)c1cc(Cl)cc(Cl)c1)NCCN1C(=O)CNC1=O.I. The summed E-state index contributed by atoms with van der Waals surface area (Å²) in [7, 11) is 0. The van der Waals surface area contributed by atoms with Crippen LogP contribution in [0.1, 0.15) is 18.6 Å². The van der Waals surface area contributed by atoms with Gasteiger partial charge >= 0.3 is 6.03 Å². The van der Waals surface area contributed by atoms with Gasteiger partial charge in [-0.3, -0.25) is 14.7 Å². The van der Waals surface area contributed by atoms with E-state index in [4.69, 9.17) is 23.2 Å². The Morgan fingerprint density at radius 2 is 1.96 bits per heavy atom. The molecule has 27 heavy (non-hydrogen) atoms. The maximum atomic E-state index is 11.5. The van der Waals surface area contributed by atoms with Crippen LogP contribution < -0.4 is 16.0 Å². The molecule has 0 radical (unpaired) electrons. The number of hydrogen-bond donors (Lipinski definition) is 4. The van der Waals surface area contributed by atoms with Gasteiger partial charge in [-0.05, 0) is 30.7 Å². The summed E-state index contributed by atoms with van der Waals surface area (Å²) < 4.78 is 0. The lowest BCUT2D eigenvalue weighted by molar-refractivity contribution is -0.124. The Balaban J connectivity index is 0.00000364. The van der Waals surface area contributed by atoms with Crippen LogP contribution in [0.5, 0.6) is 0 Å². The second-order valence-electron chi connectivity index (χ2n) is 5.57. The third kappa shape index (κ3) is 7.32. The Kier molecular flexibility index (Phi) is 10.1. The molecule has 0 bridgehead atoms. The fraction of sp³-hybridized carbons (Fsp3) is 0.438. The quantitative estimate of drug-likeness (QED) is 0.186. The van der Waals surface area contributed by atoms with E-state index in [2.05, 4.69) is 20.9 Å². The average Bonchev–Trinajstić information content (AvgIpc) is 2.90. The minimum absolute atomic E-state index is 0. The number of aliphatic hydroxyl groups excluding tert-OH is 1. The smallest absolute Gasteiger partial charge is 0.324 e. The highest BCUT2D eigenvalue weighted by Crippen LogP contribution is 2.23. The summed E-state index contributed by atoms with van der Waals surface area (Å²) in [5.74, 6) is 0.207. The summed E-state index contributed by atoms with van der Waals surface area (Å²) in [6.45, 7) is 3.21. The van der Waals surface area contributed by atoms with E-state index >= 15 is 0 Å². The van der Waals surface area contributed by atoms with Crippen LogP contribution in [0.15, 0.2) is 23.2 Å². The monoisotopic (exact) mass is 529 g/mol. The Bertz CT molecular complexity index is 668. The lowest BCUT2D eigenvalue weighted by Gasteiger charge is -2.16. The van der Waals surface area contributed by atoms with Crippen LogP contribution in [0.2, 0.25) is 10.0 Å². The zero-order chi connectivity index (χ0) is 19.1. The van der Waals surface area contributed by atoms with Gasteiger partial charge in [-0.1, -0.05) is 23.2 Å². The summed E-state index contributed by atoms with van der Waals surface area (Å²) >= 11 is 11.9. The van der Waals surface area contributed by atoms with E-state index in [9.17, 15) is 14.7 Å². The molecule has 1 aromatic carbocycles. The van der Waals surface area contributed by atoms with Crippen molar-refractivity contribution in [2.24, 2.45) is 4.99 Å². The first-order valence-corrected chi connectivity index (χ1v) is 8.90. The van der Waals surface area contributed by atoms with Gasteiger partial charge in [-0.15, -0.1) is 24.0 Å². The molecule has 2 rings (SSSR count). The minimum Gasteiger partial charge on any atom is -0.386 e. The topological polar surface area (TPSA) is 106 Å². The van der Waals surface area contributed by atoms with Gasteiger partial charge in [0, 0.05) is 29.7 Å². The molecule has 4 N–H and O–H groups in total. The van der Waals surface area contributed by atoms with Gasteiger partial charge in [0.2, 0.25) is 5.91 Å². The number of nitrogens with zero attached hydrogens (tertiary/aromatic N) is 2. The van der Waals surface area contributed by atoms with Crippen molar-refractivity contribution in [3.63, 3.8) is 0 Å². The molecule has 1 unspecified atom stereocenters. The predicted octanol–water partition coefficient (Wildman–Crippen LogP) is 1.75. The van der Waals surface area contributed by atoms with Crippen molar-refractivity contribution in [3.8, 4) is 0 Å². The number of halogens is 3. The molecule has 0 spiro atoms. The van der Waals surface area contributed by atoms with Crippen molar-refractivity contribution in [2.45, 2.75) is 13.0 Å². The molecule has 8 nitrogen and oxygen atoms in total. The van der Waals surface area contributed by atoms with Crippen LogP contribution in [-0.2, 0) is 4.79 Å². The number of hydrogen-bond acceptors (Lipinski definition) is 4. The van der Waals surface area contributed by atoms with E-state index in [1.807, 2.05) is 6.92 Å². The van der Waals surface area contributed by atoms with E-state index in [-0.39, 0.29) is 49.5 Å². The lowest BCUT2D eigenvalue weighted by atomic mass is 10.1. The van der Waals surface area contributed by atoms with Crippen molar-refractivity contribution in [3.05, 3.63) is 33.8 Å². The third-order valence-electron chi connectivity index (χ3n) is 3.60. The second kappa shape index (κ2) is 11.5. The largest absolute Gasteiger partial charge is 0.386 e. The maximum absolute atomic E-state index is 11.5. The van der Waals surface area contributed by atoms with E-state index in [0.717, 1.165) is 4.90 Å². The van der Waals surface area contributed by atoms with Gasteiger partial charge < -0.3 is 21.1 Å². The molecule has 0 aliphatic carbocycles. The lowest BCUT2D eigenvalue weighted by Crippen LogP contribution is -2.43. The molecular formula is C16H22Cl2IN5O3. The van der Waals surface area contributed by atoms with Crippen LogP contribution in [0.4, 0.5) is 4.79 Å². The van der Waals surface area contributed by atoms with Crippen LogP contribution in [0.3, 0.4) is 0 Å². The third-order valence-corrected chi connectivity index (χ3v) is 4.04. The molecule has 11 heteroatoms. The summed E-state index contributed by atoms with van der Waals surface area (Å²) in [6.07, 6.45) is -0.868. The van der Waals surface area contributed by atoms with E-state index < -0.39 is 12.1 Å². The molecule has 1 aromatic rings. The maximum Gasteiger partial charge on any atom is 0.324 e. The van der Waals surface area contributed by atoms with Gasteiger partial charge in [0.15, 0.2) is 5.96 Å². The summed E-state index contributed by atoms with van der Waals surface area (Å²) in [4.78, 5) is 28.4. The number of rotatable bonds is 7. The zero-order valence-electron chi connectivity index (χ0n) is 14.7. The standard InChI is InChI=1S/C16H21Cl2N5O3.HI/c1-2-19-15(20-3-4-23-14(25)9-22-16(23)26)21-8-13(24)10-5-11(17)7-12(18)6-10;/h5-7,13,24H,2-4,8-9H2,1H3,(H,22,26)(H2,19,20,21);1H. The van der Waals surface area contributed by atoms with Gasteiger partial charge in [0.1, 0.15) is 0 Å². The number of aliphatic hydroxyl groups is 1. The summed E-state index contributed by atoms with van der Waals surface area (Å²) in [6, 6.07) is 4.45. The predicted molar refractivity (Wildman–Crippen MR) is 116 cm³/mol. The molecule has 1 atom stereocenters. The minimum atomic E-state index is -0.868. The number of carbonyl (C=O) groups is 2. The summed E-state index contributed by atoms with van der Waals surface area (Å²) in [5, 5.41) is 19.7. The molecule has 0 saturated carbocycles. The number of imide groups is 1. The molecule has 3 amide bonds. The number of carbonyl (C=O) groups excluding carboxylic acids is 2. The van der Waals surface area contributed by atoms with Gasteiger partial charge in [-0.2, -0.15) is 0 Å². The Hall–Kier alpha value is -1.30. The number of amides is 3. The van der Waals surface area contributed by atoms with Crippen LogP contribution in [-0.4, -0.2) is 60.6 Å². The first kappa shape index (κ1) is 23.7.